The fourth-order valence-corrected chi connectivity index (χ4v) is 1.52. The van der Waals surface area contributed by atoms with Crippen molar-refractivity contribution in [2.75, 3.05) is 5.43 Å². The van der Waals surface area contributed by atoms with Crippen LogP contribution in [0, 0.1) is 6.92 Å². The summed E-state index contributed by atoms with van der Waals surface area (Å²) < 4.78 is 0. The van der Waals surface area contributed by atoms with E-state index >= 15 is 0 Å². The highest BCUT2D eigenvalue weighted by molar-refractivity contribution is 5.98. The number of aryl methyl sites for hydroxylation is 1. The van der Waals surface area contributed by atoms with E-state index in [1.54, 1.807) is 0 Å². The molecule has 86 valence electrons. The van der Waals surface area contributed by atoms with Crippen LogP contribution in [0.25, 0.3) is 0 Å². The molecule has 0 unspecified atom stereocenters. The summed E-state index contributed by atoms with van der Waals surface area (Å²) >= 11 is 0. The van der Waals surface area contributed by atoms with Crippen molar-refractivity contribution >= 4 is 11.4 Å². The van der Waals surface area contributed by atoms with Crippen LogP contribution >= 0.6 is 0 Å². The number of hydrogen-bond acceptors (Lipinski definition) is 2. The number of hydrogen-bond donors (Lipinski definition) is 1. The maximum Gasteiger partial charge on any atom is 0.0648 e. The minimum absolute atomic E-state index is 0.978. The third-order valence-corrected chi connectivity index (χ3v) is 2.60. The van der Waals surface area contributed by atoms with E-state index in [1.807, 2.05) is 37.3 Å². The Morgan fingerprint density at radius 3 is 2.24 bits per heavy atom. The van der Waals surface area contributed by atoms with Gasteiger partial charge in [0.1, 0.15) is 0 Å². The van der Waals surface area contributed by atoms with Crippen LogP contribution in [0.2, 0.25) is 0 Å². The third-order valence-electron chi connectivity index (χ3n) is 2.60. The largest absolute Gasteiger partial charge is 0.278 e. The van der Waals surface area contributed by atoms with E-state index in [1.165, 1.54) is 5.56 Å². The van der Waals surface area contributed by atoms with E-state index in [-0.39, 0.29) is 0 Å². The second-order valence-electron chi connectivity index (χ2n) is 4.04. The molecule has 1 N–H and O–H groups in total. The molecule has 2 aromatic rings. The van der Waals surface area contributed by atoms with E-state index in [9.17, 15) is 0 Å². The molecule has 0 amide bonds. The lowest BCUT2D eigenvalue weighted by molar-refractivity contribution is 1.31. The first-order valence-electron chi connectivity index (χ1n) is 5.68. The van der Waals surface area contributed by atoms with Crippen molar-refractivity contribution in [2.24, 2.45) is 5.10 Å². The Hall–Kier alpha value is -2.09. The van der Waals surface area contributed by atoms with Gasteiger partial charge in [0, 0.05) is 0 Å². The van der Waals surface area contributed by atoms with Crippen LogP contribution in [0.5, 0.6) is 0 Å². The van der Waals surface area contributed by atoms with Gasteiger partial charge in [0.25, 0.3) is 0 Å². The van der Waals surface area contributed by atoms with Gasteiger partial charge >= 0.3 is 0 Å². The highest BCUT2D eigenvalue weighted by Gasteiger charge is 1.95. The van der Waals surface area contributed by atoms with Gasteiger partial charge in [-0.1, -0.05) is 48.0 Å². The van der Waals surface area contributed by atoms with Crippen LogP contribution in [0.15, 0.2) is 59.7 Å². The molecule has 0 fully saturated rings. The summed E-state index contributed by atoms with van der Waals surface area (Å²) in [6.45, 7) is 4.07. The Labute approximate surface area is 102 Å². The molecule has 0 atom stereocenters. The van der Waals surface area contributed by atoms with E-state index in [4.69, 9.17) is 0 Å². The molecule has 0 aliphatic heterocycles. The molecular weight excluding hydrogens is 208 g/mol. The van der Waals surface area contributed by atoms with Gasteiger partial charge in [-0.15, -0.1) is 0 Å². The molecule has 0 saturated carbocycles. The predicted molar refractivity (Wildman–Crippen MR) is 73.5 cm³/mol. The van der Waals surface area contributed by atoms with Crippen LogP contribution in [-0.4, -0.2) is 5.71 Å². The molecule has 0 aromatic heterocycles. The van der Waals surface area contributed by atoms with Gasteiger partial charge < -0.3 is 0 Å². The number of anilines is 1. The van der Waals surface area contributed by atoms with Gasteiger partial charge in [-0.2, -0.15) is 5.10 Å². The summed E-state index contributed by atoms with van der Waals surface area (Å²) in [5.41, 5.74) is 7.42. The molecule has 2 heteroatoms. The Morgan fingerprint density at radius 1 is 0.941 bits per heavy atom. The molecule has 0 radical (unpaired) electrons. The average molecular weight is 224 g/mol. The van der Waals surface area contributed by atoms with Crippen molar-refractivity contribution < 1.29 is 0 Å². The molecule has 2 rings (SSSR count). The van der Waals surface area contributed by atoms with Gasteiger partial charge in [-0.3, -0.25) is 5.43 Å². The molecule has 2 aromatic carbocycles. The van der Waals surface area contributed by atoms with Gasteiger partial charge in [0.05, 0.1) is 11.4 Å². The molecule has 17 heavy (non-hydrogen) atoms. The predicted octanol–water partition coefficient (Wildman–Crippen LogP) is 3.83. The molecular formula is C15H16N2. The lowest BCUT2D eigenvalue weighted by atomic mass is 10.1. The Kier molecular flexibility index (Phi) is 3.55. The highest BCUT2D eigenvalue weighted by Crippen LogP contribution is 2.09. The topological polar surface area (TPSA) is 24.4 Å². The summed E-state index contributed by atoms with van der Waals surface area (Å²) in [7, 11) is 0. The first-order valence-corrected chi connectivity index (χ1v) is 5.68. The second kappa shape index (κ2) is 5.30. The minimum atomic E-state index is 0.978. The van der Waals surface area contributed by atoms with Gasteiger partial charge in [0.2, 0.25) is 0 Å². The van der Waals surface area contributed by atoms with E-state index in [2.05, 4.69) is 41.7 Å². The van der Waals surface area contributed by atoms with Crippen molar-refractivity contribution in [3.63, 3.8) is 0 Å². The normalized spacial score (nSPS) is 11.3. The summed E-state index contributed by atoms with van der Waals surface area (Å²) in [6, 6.07) is 18.3. The minimum Gasteiger partial charge on any atom is -0.278 e. The van der Waals surface area contributed by atoms with Crippen LogP contribution in [0.3, 0.4) is 0 Å². The zero-order valence-electron chi connectivity index (χ0n) is 10.1. The monoisotopic (exact) mass is 224 g/mol. The molecule has 0 aliphatic carbocycles. The number of hydrazone groups is 1. The van der Waals surface area contributed by atoms with E-state index in [0.717, 1.165) is 17.0 Å². The fourth-order valence-electron chi connectivity index (χ4n) is 1.52. The highest BCUT2D eigenvalue weighted by atomic mass is 15.3. The summed E-state index contributed by atoms with van der Waals surface area (Å²) in [5, 5.41) is 4.36. The zero-order chi connectivity index (χ0) is 12.1. The van der Waals surface area contributed by atoms with Crippen LogP contribution in [0.4, 0.5) is 5.69 Å². The van der Waals surface area contributed by atoms with Crippen LogP contribution in [-0.2, 0) is 0 Å². The SMILES string of the molecule is C/C(=N\Nc1ccc(C)cc1)c1ccccc1. The summed E-state index contributed by atoms with van der Waals surface area (Å²) in [6.07, 6.45) is 0. The number of benzene rings is 2. The summed E-state index contributed by atoms with van der Waals surface area (Å²) in [4.78, 5) is 0. The van der Waals surface area contributed by atoms with Crippen molar-refractivity contribution in [3.05, 3.63) is 65.7 Å². The summed E-state index contributed by atoms with van der Waals surface area (Å²) in [5.74, 6) is 0. The van der Waals surface area contributed by atoms with E-state index < -0.39 is 0 Å². The van der Waals surface area contributed by atoms with Gasteiger partial charge in [0.15, 0.2) is 0 Å². The molecule has 0 aliphatic rings. The maximum absolute atomic E-state index is 4.36. The fraction of sp³-hybridized carbons (Fsp3) is 0.133. The van der Waals surface area contributed by atoms with Crippen LogP contribution in [0.1, 0.15) is 18.1 Å². The van der Waals surface area contributed by atoms with E-state index in [0.29, 0.717) is 0 Å². The Bertz CT molecular complexity index is 498. The average Bonchev–Trinajstić information content (AvgIpc) is 2.39. The van der Waals surface area contributed by atoms with Crippen LogP contribution < -0.4 is 5.43 Å². The quantitative estimate of drug-likeness (QED) is 0.622. The number of nitrogens with zero attached hydrogens (tertiary/aromatic N) is 1. The second-order valence-corrected chi connectivity index (χ2v) is 4.04. The first-order chi connectivity index (χ1) is 8.25. The number of nitrogens with one attached hydrogen (secondary N) is 1. The lowest BCUT2D eigenvalue weighted by Gasteiger charge is -2.03. The zero-order valence-corrected chi connectivity index (χ0v) is 10.1. The Balaban J connectivity index is 2.08. The van der Waals surface area contributed by atoms with Crippen molar-refractivity contribution in [1.82, 2.24) is 0 Å². The molecule has 0 saturated heterocycles. The van der Waals surface area contributed by atoms with Crippen molar-refractivity contribution in [3.8, 4) is 0 Å². The lowest BCUT2D eigenvalue weighted by Crippen LogP contribution is -1.99. The molecule has 2 nitrogen and oxygen atoms in total. The first kappa shape index (κ1) is 11.4. The number of rotatable bonds is 3. The third kappa shape index (κ3) is 3.18. The molecule has 0 bridgehead atoms. The Morgan fingerprint density at radius 2 is 1.59 bits per heavy atom. The van der Waals surface area contributed by atoms with Gasteiger partial charge in [-0.05, 0) is 31.5 Å². The van der Waals surface area contributed by atoms with Gasteiger partial charge in [-0.25, -0.2) is 0 Å². The smallest absolute Gasteiger partial charge is 0.0648 e. The van der Waals surface area contributed by atoms with Crippen molar-refractivity contribution in [2.45, 2.75) is 13.8 Å². The molecule has 0 heterocycles. The molecule has 0 spiro atoms. The standard InChI is InChI=1S/C15H16N2/c1-12-8-10-15(11-9-12)17-16-13(2)14-6-4-3-5-7-14/h3-11,17H,1-2H3/b16-13+. The maximum atomic E-state index is 4.36. The van der Waals surface area contributed by atoms with Crippen molar-refractivity contribution in [1.29, 1.82) is 0 Å².